The number of nitro groups is 1. The normalized spacial score (nSPS) is 13.3. The molecule has 0 aliphatic carbocycles. The standard InChI is InChI=1S/C19H17FN4O5/c1-11-9-12(5-7-15(11)23-8-2-3-17(23)25)21-18(26)19(27)22-13-4-6-14(20)16(10-13)24(28)29/h4-7,9-10H,2-3,8H2,1H3,(H,21,26)(H,22,27). The van der Waals surface area contributed by atoms with Crippen LogP contribution in [0.15, 0.2) is 36.4 Å². The van der Waals surface area contributed by atoms with Crippen molar-refractivity contribution in [3.05, 3.63) is 57.9 Å². The van der Waals surface area contributed by atoms with Crippen molar-refractivity contribution in [2.45, 2.75) is 19.8 Å². The Balaban J connectivity index is 1.68. The Kier molecular flexibility index (Phi) is 5.53. The van der Waals surface area contributed by atoms with Crippen LogP contribution < -0.4 is 15.5 Å². The quantitative estimate of drug-likeness (QED) is 0.464. The van der Waals surface area contributed by atoms with Crippen LogP contribution in [0.2, 0.25) is 0 Å². The fourth-order valence-corrected chi connectivity index (χ4v) is 3.04. The van der Waals surface area contributed by atoms with Gasteiger partial charge in [0, 0.05) is 36.1 Å². The van der Waals surface area contributed by atoms with Gasteiger partial charge in [-0.3, -0.25) is 24.5 Å². The van der Waals surface area contributed by atoms with Gasteiger partial charge in [-0.15, -0.1) is 0 Å². The first-order valence-corrected chi connectivity index (χ1v) is 8.73. The number of nitrogens with one attached hydrogen (secondary N) is 2. The lowest BCUT2D eigenvalue weighted by Gasteiger charge is -2.19. The van der Waals surface area contributed by atoms with Gasteiger partial charge in [-0.1, -0.05) is 0 Å². The molecular weight excluding hydrogens is 383 g/mol. The van der Waals surface area contributed by atoms with Crippen molar-refractivity contribution < 1.29 is 23.7 Å². The van der Waals surface area contributed by atoms with Gasteiger partial charge in [0.15, 0.2) is 0 Å². The number of hydrogen-bond acceptors (Lipinski definition) is 5. The summed E-state index contributed by atoms with van der Waals surface area (Å²) in [5.74, 6) is -3.08. The number of hydrogen-bond donors (Lipinski definition) is 2. The summed E-state index contributed by atoms with van der Waals surface area (Å²) in [5, 5.41) is 15.4. The zero-order valence-corrected chi connectivity index (χ0v) is 15.4. The van der Waals surface area contributed by atoms with E-state index in [1.807, 2.05) is 0 Å². The largest absolute Gasteiger partial charge is 0.318 e. The average Bonchev–Trinajstić information content (AvgIpc) is 3.08. The summed E-state index contributed by atoms with van der Waals surface area (Å²) in [6, 6.07) is 7.66. The summed E-state index contributed by atoms with van der Waals surface area (Å²) in [5.41, 5.74) is 0.951. The molecule has 1 aliphatic heterocycles. The van der Waals surface area contributed by atoms with Crippen LogP contribution in [0.25, 0.3) is 0 Å². The maximum Gasteiger partial charge on any atom is 0.314 e. The van der Waals surface area contributed by atoms with E-state index in [4.69, 9.17) is 0 Å². The van der Waals surface area contributed by atoms with Gasteiger partial charge in [-0.25, -0.2) is 0 Å². The molecule has 0 atom stereocenters. The predicted octanol–water partition coefficient (Wildman–Crippen LogP) is 2.75. The molecule has 0 bridgehead atoms. The van der Waals surface area contributed by atoms with Gasteiger partial charge in [0.05, 0.1) is 4.92 Å². The van der Waals surface area contributed by atoms with E-state index in [2.05, 4.69) is 10.6 Å². The number of rotatable bonds is 4. The molecular formula is C19H17FN4O5. The van der Waals surface area contributed by atoms with Crippen molar-refractivity contribution in [1.29, 1.82) is 0 Å². The highest BCUT2D eigenvalue weighted by molar-refractivity contribution is 6.43. The maximum atomic E-state index is 13.4. The van der Waals surface area contributed by atoms with Crippen molar-refractivity contribution in [1.82, 2.24) is 0 Å². The zero-order chi connectivity index (χ0) is 21.1. The van der Waals surface area contributed by atoms with E-state index in [9.17, 15) is 28.9 Å². The first-order chi connectivity index (χ1) is 13.8. The van der Waals surface area contributed by atoms with Gasteiger partial charge in [0.2, 0.25) is 11.7 Å². The van der Waals surface area contributed by atoms with Crippen LogP contribution in [0, 0.1) is 22.9 Å². The Bertz CT molecular complexity index is 1020. The summed E-state index contributed by atoms with van der Waals surface area (Å²) in [7, 11) is 0. The summed E-state index contributed by atoms with van der Waals surface area (Å²) in [4.78, 5) is 47.5. The Morgan fingerprint density at radius 1 is 1.10 bits per heavy atom. The minimum Gasteiger partial charge on any atom is -0.318 e. The fraction of sp³-hybridized carbons (Fsp3) is 0.211. The Hall–Kier alpha value is -3.82. The van der Waals surface area contributed by atoms with Gasteiger partial charge in [-0.2, -0.15) is 4.39 Å². The molecule has 10 heteroatoms. The lowest BCUT2D eigenvalue weighted by atomic mass is 10.1. The van der Waals surface area contributed by atoms with Crippen molar-refractivity contribution in [3.8, 4) is 0 Å². The third kappa shape index (κ3) is 4.37. The van der Waals surface area contributed by atoms with Crippen LogP contribution in [-0.2, 0) is 14.4 Å². The minimum atomic E-state index is -1.07. The molecule has 1 heterocycles. The first-order valence-electron chi connectivity index (χ1n) is 8.73. The number of aryl methyl sites for hydroxylation is 1. The first kappa shape index (κ1) is 19.9. The smallest absolute Gasteiger partial charge is 0.314 e. The molecule has 2 aromatic carbocycles. The zero-order valence-electron chi connectivity index (χ0n) is 15.4. The average molecular weight is 400 g/mol. The third-order valence-electron chi connectivity index (χ3n) is 4.43. The number of nitrogens with zero attached hydrogens (tertiary/aromatic N) is 2. The Morgan fingerprint density at radius 3 is 2.28 bits per heavy atom. The molecule has 0 saturated carbocycles. The Labute approximate surface area is 164 Å². The molecule has 29 heavy (non-hydrogen) atoms. The van der Waals surface area contributed by atoms with Crippen LogP contribution in [0.1, 0.15) is 18.4 Å². The lowest BCUT2D eigenvalue weighted by molar-refractivity contribution is -0.387. The molecule has 1 fully saturated rings. The van der Waals surface area contributed by atoms with Crippen molar-refractivity contribution in [2.75, 3.05) is 22.1 Å². The molecule has 1 aliphatic rings. The predicted molar refractivity (Wildman–Crippen MR) is 103 cm³/mol. The molecule has 1 saturated heterocycles. The number of carbonyl (C=O) groups is 3. The van der Waals surface area contributed by atoms with E-state index in [0.717, 1.165) is 35.9 Å². The second kappa shape index (κ2) is 8.05. The number of nitro benzene ring substituents is 1. The highest BCUT2D eigenvalue weighted by Gasteiger charge is 2.23. The van der Waals surface area contributed by atoms with E-state index >= 15 is 0 Å². The highest BCUT2D eigenvalue weighted by atomic mass is 19.1. The summed E-state index contributed by atoms with van der Waals surface area (Å²) < 4.78 is 13.4. The van der Waals surface area contributed by atoms with E-state index in [0.29, 0.717) is 18.7 Å². The summed E-state index contributed by atoms with van der Waals surface area (Å²) >= 11 is 0. The topological polar surface area (TPSA) is 122 Å². The van der Waals surface area contributed by atoms with Gasteiger partial charge in [-0.05, 0) is 49.2 Å². The fourth-order valence-electron chi connectivity index (χ4n) is 3.04. The SMILES string of the molecule is Cc1cc(NC(=O)C(=O)Nc2ccc(F)c([N+](=O)[O-])c2)ccc1N1CCCC1=O. The van der Waals surface area contributed by atoms with Crippen LogP contribution >= 0.6 is 0 Å². The monoisotopic (exact) mass is 400 g/mol. The lowest BCUT2D eigenvalue weighted by Crippen LogP contribution is -2.29. The molecule has 0 radical (unpaired) electrons. The van der Waals surface area contributed by atoms with Gasteiger partial charge >= 0.3 is 17.5 Å². The number of benzene rings is 2. The van der Waals surface area contributed by atoms with Crippen LogP contribution in [0.4, 0.5) is 27.1 Å². The molecule has 2 aromatic rings. The molecule has 0 spiro atoms. The van der Waals surface area contributed by atoms with Crippen LogP contribution in [0.5, 0.6) is 0 Å². The minimum absolute atomic E-state index is 0.0395. The van der Waals surface area contributed by atoms with Crippen molar-refractivity contribution >= 4 is 40.5 Å². The molecule has 150 valence electrons. The molecule has 0 aromatic heterocycles. The molecule has 3 rings (SSSR count). The molecule has 3 amide bonds. The van der Waals surface area contributed by atoms with E-state index in [1.54, 1.807) is 30.0 Å². The van der Waals surface area contributed by atoms with Gasteiger partial charge in [0.1, 0.15) is 0 Å². The van der Waals surface area contributed by atoms with Gasteiger partial charge in [0.25, 0.3) is 0 Å². The second-order valence-electron chi connectivity index (χ2n) is 6.48. The molecule has 0 unspecified atom stereocenters. The van der Waals surface area contributed by atoms with Crippen LogP contribution in [0.3, 0.4) is 0 Å². The summed E-state index contributed by atoms with van der Waals surface area (Å²) in [6.45, 7) is 2.42. The van der Waals surface area contributed by atoms with Crippen molar-refractivity contribution in [2.24, 2.45) is 0 Å². The highest BCUT2D eigenvalue weighted by Crippen LogP contribution is 2.27. The second-order valence-corrected chi connectivity index (χ2v) is 6.48. The Morgan fingerprint density at radius 2 is 1.72 bits per heavy atom. The number of halogens is 1. The number of anilines is 3. The third-order valence-corrected chi connectivity index (χ3v) is 4.43. The van der Waals surface area contributed by atoms with E-state index < -0.39 is 28.2 Å². The van der Waals surface area contributed by atoms with Crippen molar-refractivity contribution in [3.63, 3.8) is 0 Å². The van der Waals surface area contributed by atoms with E-state index in [1.165, 1.54) is 0 Å². The number of carbonyl (C=O) groups excluding carboxylic acids is 3. The van der Waals surface area contributed by atoms with Crippen LogP contribution in [-0.4, -0.2) is 29.2 Å². The number of amides is 3. The summed E-state index contributed by atoms with van der Waals surface area (Å²) in [6.07, 6.45) is 1.29. The van der Waals surface area contributed by atoms with E-state index in [-0.39, 0.29) is 11.6 Å². The molecule has 9 nitrogen and oxygen atoms in total. The maximum absolute atomic E-state index is 13.4. The molecule has 2 N–H and O–H groups in total. The van der Waals surface area contributed by atoms with Gasteiger partial charge < -0.3 is 15.5 Å².